The summed E-state index contributed by atoms with van der Waals surface area (Å²) in [5.41, 5.74) is 3.40. The fourth-order valence-electron chi connectivity index (χ4n) is 1.88. The van der Waals surface area contributed by atoms with E-state index in [1.165, 1.54) is 19.3 Å². The predicted molar refractivity (Wildman–Crippen MR) is 55.8 cm³/mol. The number of ether oxygens (including phenoxy) is 2. The van der Waals surface area contributed by atoms with E-state index in [4.69, 9.17) is 9.47 Å². The van der Waals surface area contributed by atoms with Gasteiger partial charge < -0.3 is 9.47 Å². The molecule has 0 radical (unpaired) electrons. The first-order valence-electron chi connectivity index (χ1n) is 5.34. The lowest BCUT2D eigenvalue weighted by atomic mass is 10.2. The molecule has 4 heteroatoms. The first-order valence-corrected chi connectivity index (χ1v) is 5.34. The van der Waals surface area contributed by atoms with Crippen molar-refractivity contribution in [1.82, 2.24) is 10.4 Å². The SMILES string of the molecule is COC(OC)C(C)NN1CCCCC1. The Kier molecular flexibility index (Phi) is 5.40. The summed E-state index contributed by atoms with van der Waals surface area (Å²) in [6, 6.07) is 0.197. The maximum atomic E-state index is 5.19. The van der Waals surface area contributed by atoms with Crippen LogP contribution in [0.3, 0.4) is 0 Å². The van der Waals surface area contributed by atoms with Gasteiger partial charge in [-0.1, -0.05) is 6.42 Å². The molecule has 0 saturated carbocycles. The first-order chi connectivity index (χ1) is 6.77. The van der Waals surface area contributed by atoms with Crippen molar-refractivity contribution >= 4 is 0 Å². The number of nitrogens with one attached hydrogen (secondary N) is 1. The Labute approximate surface area is 86.5 Å². The van der Waals surface area contributed by atoms with E-state index in [1.807, 2.05) is 0 Å². The second-order valence-corrected chi connectivity index (χ2v) is 3.81. The average Bonchev–Trinajstić information content (AvgIpc) is 2.21. The fraction of sp³-hybridized carbons (Fsp3) is 1.00. The van der Waals surface area contributed by atoms with Gasteiger partial charge in [-0.05, 0) is 19.8 Å². The molecule has 0 amide bonds. The number of methoxy groups -OCH3 is 2. The zero-order valence-corrected chi connectivity index (χ0v) is 9.45. The highest BCUT2D eigenvalue weighted by Crippen LogP contribution is 2.08. The van der Waals surface area contributed by atoms with Crippen LogP contribution in [0.4, 0.5) is 0 Å². The molecular weight excluding hydrogens is 180 g/mol. The molecule has 0 bridgehead atoms. The Balaban J connectivity index is 2.26. The number of hydrazine groups is 1. The molecule has 0 spiro atoms. The number of nitrogens with zero attached hydrogens (tertiary/aromatic N) is 1. The molecule has 84 valence electrons. The van der Waals surface area contributed by atoms with E-state index in [0.29, 0.717) is 0 Å². The van der Waals surface area contributed by atoms with Crippen LogP contribution in [0, 0.1) is 0 Å². The van der Waals surface area contributed by atoms with Crippen molar-refractivity contribution in [3.05, 3.63) is 0 Å². The highest BCUT2D eigenvalue weighted by atomic mass is 16.7. The number of hydrogen-bond donors (Lipinski definition) is 1. The largest absolute Gasteiger partial charge is 0.354 e. The minimum atomic E-state index is -0.170. The molecular formula is C10H22N2O2. The van der Waals surface area contributed by atoms with Crippen molar-refractivity contribution in [2.24, 2.45) is 0 Å². The van der Waals surface area contributed by atoms with Crippen LogP contribution in [-0.4, -0.2) is 44.6 Å². The molecule has 14 heavy (non-hydrogen) atoms. The Bertz CT molecular complexity index is 145. The maximum absolute atomic E-state index is 5.19. The van der Waals surface area contributed by atoms with E-state index in [-0.39, 0.29) is 12.3 Å². The third-order valence-corrected chi connectivity index (χ3v) is 2.62. The molecule has 0 aromatic heterocycles. The van der Waals surface area contributed by atoms with Crippen molar-refractivity contribution in [2.75, 3.05) is 27.3 Å². The van der Waals surface area contributed by atoms with Gasteiger partial charge >= 0.3 is 0 Å². The average molecular weight is 202 g/mol. The molecule has 1 aliphatic rings. The standard InChI is InChI=1S/C10H22N2O2/c1-9(10(13-2)14-3)11-12-7-5-4-6-8-12/h9-11H,4-8H2,1-3H3. The topological polar surface area (TPSA) is 33.7 Å². The van der Waals surface area contributed by atoms with Crippen molar-refractivity contribution in [1.29, 1.82) is 0 Å². The minimum Gasteiger partial charge on any atom is -0.354 e. The van der Waals surface area contributed by atoms with Crippen molar-refractivity contribution in [2.45, 2.75) is 38.5 Å². The highest BCUT2D eigenvalue weighted by molar-refractivity contribution is 4.67. The number of rotatable bonds is 5. The summed E-state index contributed by atoms with van der Waals surface area (Å²) in [6.07, 6.45) is 3.75. The van der Waals surface area contributed by atoms with E-state index >= 15 is 0 Å². The molecule has 1 rings (SSSR count). The predicted octanol–water partition coefficient (Wildman–Crippen LogP) is 0.984. The van der Waals surface area contributed by atoms with Crippen LogP contribution in [-0.2, 0) is 9.47 Å². The van der Waals surface area contributed by atoms with Gasteiger partial charge in [0.05, 0.1) is 6.04 Å². The molecule has 4 nitrogen and oxygen atoms in total. The van der Waals surface area contributed by atoms with Gasteiger partial charge in [0, 0.05) is 27.3 Å². The second-order valence-electron chi connectivity index (χ2n) is 3.81. The third kappa shape index (κ3) is 3.53. The Morgan fingerprint density at radius 1 is 1.07 bits per heavy atom. The van der Waals surface area contributed by atoms with Crippen LogP contribution in [0.2, 0.25) is 0 Å². The van der Waals surface area contributed by atoms with Crippen molar-refractivity contribution in [3.8, 4) is 0 Å². The lowest BCUT2D eigenvalue weighted by Gasteiger charge is -2.32. The highest BCUT2D eigenvalue weighted by Gasteiger charge is 2.19. The van der Waals surface area contributed by atoms with E-state index in [9.17, 15) is 0 Å². The van der Waals surface area contributed by atoms with Crippen molar-refractivity contribution in [3.63, 3.8) is 0 Å². The van der Waals surface area contributed by atoms with Gasteiger partial charge in [0.15, 0.2) is 6.29 Å². The smallest absolute Gasteiger partial charge is 0.173 e. The first kappa shape index (κ1) is 11.9. The van der Waals surface area contributed by atoms with Crippen LogP contribution in [0.1, 0.15) is 26.2 Å². The summed E-state index contributed by atoms with van der Waals surface area (Å²) < 4.78 is 10.4. The molecule has 1 atom stereocenters. The van der Waals surface area contributed by atoms with Gasteiger partial charge in [0.2, 0.25) is 0 Å². The lowest BCUT2D eigenvalue weighted by Crippen LogP contribution is -2.51. The van der Waals surface area contributed by atoms with Gasteiger partial charge in [-0.3, -0.25) is 0 Å². The van der Waals surface area contributed by atoms with Gasteiger partial charge in [-0.25, -0.2) is 10.4 Å². The molecule has 1 aliphatic heterocycles. The summed E-state index contributed by atoms with van der Waals surface area (Å²) >= 11 is 0. The summed E-state index contributed by atoms with van der Waals surface area (Å²) in [7, 11) is 3.34. The number of piperidine rings is 1. The molecule has 1 heterocycles. The maximum Gasteiger partial charge on any atom is 0.173 e. The Morgan fingerprint density at radius 3 is 2.14 bits per heavy atom. The van der Waals surface area contributed by atoms with Crippen LogP contribution in [0.5, 0.6) is 0 Å². The molecule has 0 aromatic rings. The lowest BCUT2D eigenvalue weighted by molar-refractivity contribution is -0.131. The summed E-state index contributed by atoms with van der Waals surface area (Å²) in [5.74, 6) is 0. The summed E-state index contributed by atoms with van der Waals surface area (Å²) in [4.78, 5) is 0. The molecule has 1 fully saturated rings. The zero-order chi connectivity index (χ0) is 10.4. The quantitative estimate of drug-likeness (QED) is 0.674. The molecule has 0 aliphatic carbocycles. The van der Waals surface area contributed by atoms with Gasteiger partial charge in [-0.2, -0.15) is 0 Å². The molecule has 0 aromatic carbocycles. The summed E-state index contributed by atoms with van der Waals surface area (Å²) in [5, 5.41) is 2.26. The molecule has 1 saturated heterocycles. The molecule has 1 N–H and O–H groups in total. The van der Waals surface area contributed by atoms with E-state index < -0.39 is 0 Å². The number of hydrogen-bond acceptors (Lipinski definition) is 4. The van der Waals surface area contributed by atoms with Crippen molar-refractivity contribution < 1.29 is 9.47 Å². The summed E-state index contributed by atoms with van der Waals surface area (Å²) in [6.45, 7) is 4.33. The van der Waals surface area contributed by atoms with Crippen LogP contribution in [0.15, 0.2) is 0 Å². The minimum absolute atomic E-state index is 0.170. The van der Waals surface area contributed by atoms with Gasteiger partial charge in [0.1, 0.15) is 0 Å². The van der Waals surface area contributed by atoms with Gasteiger partial charge in [0.25, 0.3) is 0 Å². The zero-order valence-electron chi connectivity index (χ0n) is 9.45. The van der Waals surface area contributed by atoms with Crippen LogP contribution < -0.4 is 5.43 Å². The van der Waals surface area contributed by atoms with Crippen LogP contribution in [0.25, 0.3) is 0 Å². The molecule has 1 unspecified atom stereocenters. The Hall–Kier alpha value is -0.160. The second kappa shape index (κ2) is 6.35. The Morgan fingerprint density at radius 2 is 1.64 bits per heavy atom. The third-order valence-electron chi connectivity index (χ3n) is 2.62. The van der Waals surface area contributed by atoms with E-state index in [1.54, 1.807) is 14.2 Å². The van der Waals surface area contributed by atoms with E-state index in [0.717, 1.165) is 13.1 Å². The monoisotopic (exact) mass is 202 g/mol. The normalized spacial score (nSPS) is 21.4. The van der Waals surface area contributed by atoms with Crippen LogP contribution >= 0.6 is 0 Å². The fourth-order valence-corrected chi connectivity index (χ4v) is 1.88. The van der Waals surface area contributed by atoms with Gasteiger partial charge in [-0.15, -0.1) is 0 Å². The van der Waals surface area contributed by atoms with E-state index in [2.05, 4.69) is 17.4 Å².